The van der Waals surface area contributed by atoms with Gasteiger partial charge in [0.1, 0.15) is 11.6 Å². The van der Waals surface area contributed by atoms with Gasteiger partial charge < -0.3 is 5.11 Å². The van der Waals surface area contributed by atoms with Gasteiger partial charge in [0.25, 0.3) is 5.56 Å². The van der Waals surface area contributed by atoms with Crippen LogP contribution in [0.1, 0.15) is 69.6 Å². The number of halogens is 1. The summed E-state index contributed by atoms with van der Waals surface area (Å²) in [5.41, 5.74) is 2.59. The van der Waals surface area contributed by atoms with Gasteiger partial charge in [-0.25, -0.2) is 4.39 Å². The molecule has 1 N–H and O–H groups in total. The van der Waals surface area contributed by atoms with Gasteiger partial charge in [-0.15, -0.1) is 5.10 Å². The highest BCUT2D eigenvalue weighted by Gasteiger charge is 2.26. The molecule has 176 valence electrons. The Bertz CT molecular complexity index is 1470. The number of aromatic hydroxyl groups is 1. The van der Waals surface area contributed by atoms with Crippen LogP contribution in [0.25, 0.3) is 23.2 Å². The molecule has 0 bridgehead atoms. The van der Waals surface area contributed by atoms with E-state index in [9.17, 15) is 14.3 Å². The molecule has 0 aliphatic carbocycles. The number of nitrogens with zero attached hydrogens (tertiary/aromatic N) is 3. The Kier molecular flexibility index (Phi) is 5.94. The van der Waals surface area contributed by atoms with Crippen molar-refractivity contribution in [2.75, 3.05) is 0 Å². The highest BCUT2D eigenvalue weighted by atomic mass is 32.1. The van der Waals surface area contributed by atoms with E-state index in [1.165, 1.54) is 28.0 Å². The zero-order valence-corrected chi connectivity index (χ0v) is 21.0. The van der Waals surface area contributed by atoms with Gasteiger partial charge in [-0.1, -0.05) is 71.1 Å². The lowest BCUT2D eigenvalue weighted by Gasteiger charge is -2.27. The molecule has 0 unspecified atom stereocenters. The van der Waals surface area contributed by atoms with Crippen LogP contribution in [0.2, 0.25) is 0 Å². The van der Waals surface area contributed by atoms with Gasteiger partial charge in [0.05, 0.1) is 4.53 Å². The van der Waals surface area contributed by atoms with E-state index >= 15 is 0 Å². The van der Waals surface area contributed by atoms with Crippen molar-refractivity contribution < 1.29 is 9.50 Å². The molecular weight excluding hydrogens is 449 g/mol. The highest BCUT2D eigenvalue weighted by molar-refractivity contribution is 7.15. The van der Waals surface area contributed by atoms with Crippen LogP contribution in [0.3, 0.4) is 0 Å². The third-order valence-corrected chi connectivity index (χ3v) is 6.50. The Morgan fingerprint density at radius 2 is 1.53 bits per heavy atom. The first-order valence-electron chi connectivity index (χ1n) is 11.1. The fraction of sp³-hybridized carbons (Fsp3) is 0.296. The summed E-state index contributed by atoms with van der Waals surface area (Å²) in [4.78, 5) is 18.0. The molecule has 0 fully saturated rings. The van der Waals surface area contributed by atoms with Gasteiger partial charge in [-0.05, 0) is 58.4 Å². The van der Waals surface area contributed by atoms with Crippen LogP contribution in [-0.4, -0.2) is 19.7 Å². The second-order valence-corrected chi connectivity index (χ2v) is 11.4. The zero-order chi connectivity index (χ0) is 24.8. The van der Waals surface area contributed by atoms with Crippen LogP contribution in [0.15, 0.2) is 41.2 Å². The molecule has 0 aliphatic rings. The van der Waals surface area contributed by atoms with Crippen molar-refractivity contribution in [3.8, 4) is 5.75 Å². The molecule has 4 rings (SSSR count). The molecule has 34 heavy (non-hydrogen) atoms. The van der Waals surface area contributed by atoms with E-state index in [-0.39, 0.29) is 22.2 Å². The molecular formula is C27H28FN3O2S. The molecule has 4 aromatic rings. The van der Waals surface area contributed by atoms with Crippen molar-refractivity contribution in [3.05, 3.63) is 85.2 Å². The molecule has 0 amide bonds. The number of benzene rings is 2. The molecule has 0 aliphatic heterocycles. The predicted octanol–water partition coefficient (Wildman–Crippen LogP) is 5.31. The number of fused-ring (bicyclic) bond motifs is 1. The molecule has 2 aromatic carbocycles. The molecule has 0 saturated carbocycles. The fourth-order valence-electron chi connectivity index (χ4n) is 3.70. The molecule has 2 aromatic heterocycles. The van der Waals surface area contributed by atoms with Crippen molar-refractivity contribution in [3.63, 3.8) is 0 Å². The molecule has 2 heterocycles. The van der Waals surface area contributed by atoms with Crippen LogP contribution in [0, 0.1) is 5.82 Å². The third-order valence-electron chi connectivity index (χ3n) is 5.54. The summed E-state index contributed by atoms with van der Waals surface area (Å²) in [7, 11) is 0. The first-order valence-corrected chi connectivity index (χ1v) is 11.9. The number of phenols is 1. The lowest BCUT2D eigenvalue weighted by Crippen LogP contribution is -2.24. The monoisotopic (exact) mass is 477 g/mol. The number of phenolic OH excluding ortho intramolecular Hbond substituents is 1. The Balaban J connectivity index is 1.76. The summed E-state index contributed by atoms with van der Waals surface area (Å²) >= 11 is 1.27. The smallest absolute Gasteiger partial charge is 0.291 e. The lowest BCUT2D eigenvalue weighted by molar-refractivity contribution is 0.423. The van der Waals surface area contributed by atoms with Crippen LogP contribution in [-0.2, 0) is 10.8 Å². The van der Waals surface area contributed by atoms with E-state index in [2.05, 4.69) is 51.6 Å². The number of aromatic nitrogens is 3. The van der Waals surface area contributed by atoms with Crippen LogP contribution >= 0.6 is 11.3 Å². The van der Waals surface area contributed by atoms with Gasteiger partial charge in [-0.3, -0.25) is 4.79 Å². The van der Waals surface area contributed by atoms with Crippen LogP contribution in [0.5, 0.6) is 5.75 Å². The number of hydrogen-bond acceptors (Lipinski definition) is 5. The summed E-state index contributed by atoms with van der Waals surface area (Å²) < 4.78 is 14.9. The van der Waals surface area contributed by atoms with Gasteiger partial charge in [0.15, 0.2) is 5.82 Å². The molecule has 0 saturated heterocycles. The maximum Gasteiger partial charge on any atom is 0.291 e. The van der Waals surface area contributed by atoms with Gasteiger partial charge in [0, 0.05) is 11.1 Å². The van der Waals surface area contributed by atoms with Gasteiger partial charge >= 0.3 is 0 Å². The maximum absolute atomic E-state index is 13.1. The summed E-state index contributed by atoms with van der Waals surface area (Å²) in [5, 5.41) is 15.3. The Labute approximate surface area is 201 Å². The molecule has 0 spiro atoms. The van der Waals surface area contributed by atoms with E-state index in [0.29, 0.717) is 21.1 Å². The highest BCUT2D eigenvalue weighted by Crippen LogP contribution is 2.39. The predicted molar refractivity (Wildman–Crippen MR) is 137 cm³/mol. The van der Waals surface area contributed by atoms with Crippen molar-refractivity contribution in [2.45, 2.75) is 52.4 Å². The summed E-state index contributed by atoms with van der Waals surface area (Å²) in [6, 6.07) is 9.97. The number of thiazole rings is 1. The fourth-order valence-corrected chi connectivity index (χ4v) is 4.61. The second kappa shape index (κ2) is 8.47. The quantitative estimate of drug-likeness (QED) is 0.434. The Hall–Kier alpha value is -3.32. The third kappa shape index (κ3) is 4.80. The van der Waals surface area contributed by atoms with E-state index in [1.807, 2.05) is 18.2 Å². The van der Waals surface area contributed by atoms with Crippen LogP contribution in [0.4, 0.5) is 4.39 Å². The van der Waals surface area contributed by atoms with Crippen molar-refractivity contribution in [1.82, 2.24) is 14.6 Å². The summed E-state index contributed by atoms with van der Waals surface area (Å²) in [5.74, 6) is 0.420. The molecule has 0 radical (unpaired) electrons. The normalized spacial score (nSPS) is 13.4. The lowest BCUT2D eigenvalue weighted by atomic mass is 9.78. The summed E-state index contributed by atoms with van der Waals surface area (Å²) in [6.07, 6.45) is 5.30. The van der Waals surface area contributed by atoms with Crippen LogP contribution < -0.4 is 10.1 Å². The number of rotatable bonds is 3. The standard InChI is InChI=1S/C27H28FN3O2S/c1-26(2,3)19-13-17(14-20(23(19)32)27(4,5)6)15-21-24(33)31-25(34-21)29-22(30-31)12-9-16-7-10-18(28)11-8-16/h7-15,32H,1-6H3. The summed E-state index contributed by atoms with van der Waals surface area (Å²) in [6.45, 7) is 12.3. The zero-order valence-electron chi connectivity index (χ0n) is 20.2. The number of hydrogen-bond donors (Lipinski definition) is 1. The van der Waals surface area contributed by atoms with Gasteiger partial charge in [0.2, 0.25) is 4.96 Å². The van der Waals surface area contributed by atoms with E-state index in [4.69, 9.17) is 0 Å². The average Bonchev–Trinajstić information content (AvgIpc) is 3.26. The molecule has 5 nitrogen and oxygen atoms in total. The minimum atomic E-state index is -0.296. The molecule has 0 atom stereocenters. The first-order chi connectivity index (χ1) is 15.8. The van der Waals surface area contributed by atoms with Crippen molar-refractivity contribution in [2.24, 2.45) is 0 Å². The van der Waals surface area contributed by atoms with Gasteiger partial charge in [-0.2, -0.15) is 9.50 Å². The Morgan fingerprint density at radius 1 is 0.941 bits per heavy atom. The van der Waals surface area contributed by atoms with Crippen molar-refractivity contribution in [1.29, 1.82) is 0 Å². The second-order valence-electron chi connectivity index (χ2n) is 10.4. The minimum Gasteiger partial charge on any atom is -0.507 e. The van der Waals surface area contributed by atoms with Crippen molar-refractivity contribution >= 4 is 34.5 Å². The topological polar surface area (TPSA) is 67.5 Å². The SMILES string of the molecule is CC(C)(C)c1cc(C=c2sc3nc(C=Cc4ccc(F)cc4)nn3c2=O)cc(C(C)(C)C)c1O. The van der Waals surface area contributed by atoms with E-state index in [0.717, 1.165) is 22.3 Å². The largest absolute Gasteiger partial charge is 0.507 e. The Morgan fingerprint density at radius 3 is 2.06 bits per heavy atom. The van der Waals surface area contributed by atoms with E-state index < -0.39 is 0 Å². The minimum absolute atomic E-state index is 0.239. The first kappa shape index (κ1) is 23.8. The maximum atomic E-state index is 13.1. The van der Waals surface area contributed by atoms with E-state index in [1.54, 1.807) is 24.3 Å². The average molecular weight is 478 g/mol. The molecule has 7 heteroatoms.